The summed E-state index contributed by atoms with van der Waals surface area (Å²) in [5, 5.41) is 5.40. The van der Waals surface area contributed by atoms with Crippen molar-refractivity contribution in [3.63, 3.8) is 0 Å². The number of aryl methyl sites for hydroxylation is 4. The van der Waals surface area contributed by atoms with Gasteiger partial charge in [0.15, 0.2) is 0 Å². The van der Waals surface area contributed by atoms with Gasteiger partial charge >= 0.3 is 0 Å². The Balaban J connectivity index is 1.23. The van der Waals surface area contributed by atoms with Crippen molar-refractivity contribution in [1.82, 2.24) is 9.13 Å². The van der Waals surface area contributed by atoms with Gasteiger partial charge in [-0.3, -0.25) is 0 Å². The lowest BCUT2D eigenvalue weighted by Gasteiger charge is -2.42. The number of fused-ring (bicyclic) bond motifs is 8. The van der Waals surface area contributed by atoms with E-state index in [-0.39, 0.29) is 11.8 Å². The van der Waals surface area contributed by atoms with E-state index in [9.17, 15) is 0 Å². The lowest BCUT2D eigenvalue weighted by molar-refractivity contribution is 0.584. The van der Waals surface area contributed by atoms with E-state index in [2.05, 4.69) is 210 Å². The third-order valence-electron chi connectivity index (χ3n) is 15.3. The van der Waals surface area contributed by atoms with Crippen LogP contribution >= 0.6 is 0 Å². The van der Waals surface area contributed by atoms with Crippen LogP contribution in [0.3, 0.4) is 0 Å². The highest BCUT2D eigenvalue weighted by Crippen LogP contribution is 2.61. The van der Waals surface area contributed by atoms with Gasteiger partial charge in [0.2, 0.25) is 0 Å². The van der Waals surface area contributed by atoms with Gasteiger partial charge in [0.1, 0.15) is 0 Å². The first kappa shape index (κ1) is 37.1. The third-order valence-corrected chi connectivity index (χ3v) is 15.3. The Hall–Kier alpha value is -6.64. The van der Waals surface area contributed by atoms with Crippen LogP contribution in [0.1, 0.15) is 95.9 Å². The third kappa shape index (κ3) is 5.10. The van der Waals surface area contributed by atoms with Crippen molar-refractivity contribution >= 4 is 43.6 Å². The molecule has 0 spiro atoms. The minimum absolute atomic E-state index is 0.261. The van der Waals surface area contributed by atoms with Gasteiger partial charge < -0.3 is 9.13 Å². The average molecular weight is 801 g/mol. The number of aromatic nitrogens is 2. The van der Waals surface area contributed by atoms with Crippen LogP contribution < -0.4 is 0 Å². The first-order valence-electron chi connectivity index (χ1n) is 22.7. The summed E-state index contributed by atoms with van der Waals surface area (Å²) < 4.78 is 5.19. The summed E-state index contributed by atoms with van der Waals surface area (Å²) in [6.45, 7) is 18.9. The molecule has 0 aliphatic heterocycles. The number of nitrogens with zero attached hydrogens (tertiary/aromatic N) is 2. The summed E-state index contributed by atoms with van der Waals surface area (Å²) in [4.78, 5) is 0. The van der Waals surface area contributed by atoms with Crippen LogP contribution in [-0.2, 0) is 0 Å². The maximum atomic E-state index is 2.62. The van der Waals surface area contributed by atoms with Gasteiger partial charge in [-0.2, -0.15) is 0 Å². The summed E-state index contributed by atoms with van der Waals surface area (Å²) in [6, 6.07) is 55.6. The molecule has 8 aromatic carbocycles. The van der Waals surface area contributed by atoms with Crippen LogP contribution in [0.2, 0.25) is 0 Å². The smallest absolute Gasteiger partial charge is 0.0582 e. The zero-order valence-electron chi connectivity index (χ0n) is 37.1. The maximum absolute atomic E-state index is 2.62. The van der Waals surface area contributed by atoms with E-state index in [1.165, 1.54) is 133 Å². The number of hydrogen-bond donors (Lipinski definition) is 0. The van der Waals surface area contributed by atoms with E-state index in [1.807, 2.05) is 0 Å². The molecule has 2 aliphatic carbocycles. The Morgan fingerprint density at radius 1 is 0.371 bits per heavy atom. The van der Waals surface area contributed by atoms with Crippen molar-refractivity contribution in [2.75, 3.05) is 0 Å². The molecule has 2 aliphatic rings. The standard InChI is InChI=1S/C60H52N2/c1-33-19-21-35(3)45(27-33)41-23-25-53-49(29-41)51-31-47-37(5)38(6)48-32-52-50-30-42(46-28-34(2)20-22-36(46)4)24-26-54(50)62(44-17-13-10-14-18-44)60(52)56-40(8)39(7)55(57(47)58(48)56)59(51)61(53)43-15-11-9-12-16-43/h9-32,37-40H,1-8H3. The number of hydrogen-bond acceptors (Lipinski definition) is 0. The minimum Gasteiger partial charge on any atom is -0.309 e. The molecule has 302 valence electrons. The first-order valence-corrected chi connectivity index (χ1v) is 22.7. The van der Waals surface area contributed by atoms with Crippen LogP contribution in [-0.4, -0.2) is 9.13 Å². The quantitative estimate of drug-likeness (QED) is 0.168. The van der Waals surface area contributed by atoms with Gasteiger partial charge in [-0.25, -0.2) is 0 Å². The van der Waals surface area contributed by atoms with Gasteiger partial charge in [-0.05, 0) is 179 Å². The summed E-state index contributed by atoms with van der Waals surface area (Å²) in [5.74, 6) is 1.21. The lowest BCUT2D eigenvalue weighted by atomic mass is 9.62. The molecule has 0 bridgehead atoms. The number of rotatable bonds is 4. The molecule has 0 radical (unpaired) electrons. The van der Waals surface area contributed by atoms with Gasteiger partial charge in [-0.1, -0.05) is 124 Å². The second kappa shape index (κ2) is 13.4. The second-order valence-electron chi connectivity index (χ2n) is 18.9. The number of para-hydroxylation sites is 2. The van der Waals surface area contributed by atoms with E-state index in [4.69, 9.17) is 0 Å². The van der Waals surface area contributed by atoms with E-state index in [0.29, 0.717) is 11.8 Å². The second-order valence-corrected chi connectivity index (χ2v) is 18.9. The van der Waals surface area contributed by atoms with Crippen molar-refractivity contribution in [3.05, 3.63) is 190 Å². The van der Waals surface area contributed by atoms with Crippen LogP contribution in [0.25, 0.3) is 88.4 Å². The maximum Gasteiger partial charge on any atom is 0.0582 e. The molecule has 12 rings (SSSR count). The Morgan fingerprint density at radius 3 is 1.18 bits per heavy atom. The van der Waals surface area contributed by atoms with Gasteiger partial charge in [0.25, 0.3) is 0 Å². The summed E-state index contributed by atoms with van der Waals surface area (Å²) in [6.07, 6.45) is 0. The molecule has 2 aromatic heterocycles. The topological polar surface area (TPSA) is 9.86 Å². The van der Waals surface area contributed by atoms with Crippen molar-refractivity contribution in [1.29, 1.82) is 0 Å². The molecule has 4 unspecified atom stereocenters. The highest BCUT2D eigenvalue weighted by Gasteiger charge is 2.42. The predicted molar refractivity (Wildman–Crippen MR) is 264 cm³/mol. The first-order chi connectivity index (χ1) is 30.1. The van der Waals surface area contributed by atoms with Crippen molar-refractivity contribution < 1.29 is 0 Å². The van der Waals surface area contributed by atoms with Gasteiger partial charge in [0.05, 0.1) is 22.1 Å². The summed E-state index contributed by atoms with van der Waals surface area (Å²) >= 11 is 0. The van der Waals surface area contributed by atoms with Crippen molar-refractivity contribution in [3.8, 4) is 44.8 Å². The van der Waals surface area contributed by atoms with Gasteiger partial charge in [0, 0.05) is 32.9 Å². The molecule has 0 fully saturated rings. The fourth-order valence-electron chi connectivity index (χ4n) is 11.8. The molecule has 2 heteroatoms. The fourth-order valence-corrected chi connectivity index (χ4v) is 11.8. The molecular formula is C60H52N2. The zero-order valence-corrected chi connectivity index (χ0v) is 37.1. The summed E-state index contributed by atoms with van der Waals surface area (Å²) in [7, 11) is 0. The number of benzene rings is 8. The van der Waals surface area contributed by atoms with Crippen LogP contribution in [0.15, 0.2) is 146 Å². The molecule has 0 saturated carbocycles. The molecule has 0 amide bonds. The fraction of sp³-hybridized carbons (Fsp3) is 0.200. The van der Waals surface area contributed by atoms with Crippen LogP contribution in [0.4, 0.5) is 0 Å². The molecule has 0 saturated heterocycles. The lowest BCUT2D eigenvalue weighted by Crippen LogP contribution is -2.24. The monoisotopic (exact) mass is 800 g/mol. The van der Waals surface area contributed by atoms with E-state index in [1.54, 1.807) is 0 Å². The summed E-state index contributed by atoms with van der Waals surface area (Å²) in [5.41, 5.74) is 27.0. The SMILES string of the molecule is Cc1ccc(C)c(-c2ccc3c(c2)c2cc4c5c(c2n3-c2ccccc2)C(C)C(C)c2c-5c(cc3c5cc(-c6cc(C)ccc6C)ccc5n(-c5ccccc5)c23)C(C)C4C)c1. The van der Waals surface area contributed by atoms with Crippen molar-refractivity contribution in [2.24, 2.45) is 0 Å². The van der Waals surface area contributed by atoms with Crippen LogP contribution in [0.5, 0.6) is 0 Å². The normalized spacial score (nSPS) is 18.0. The highest BCUT2D eigenvalue weighted by atomic mass is 15.0. The molecule has 62 heavy (non-hydrogen) atoms. The molecule has 4 atom stereocenters. The zero-order chi connectivity index (χ0) is 42.3. The Labute approximate surface area is 365 Å². The Morgan fingerprint density at radius 2 is 0.774 bits per heavy atom. The largest absolute Gasteiger partial charge is 0.309 e. The minimum atomic E-state index is 0.261. The highest BCUT2D eigenvalue weighted by molar-refractivity contribution is 6.17. The predicted octanol–water partition coefficient (Wildman–Crippen LogP) is 16.6. The van der Waals surface area contributed by atoms with E-state index in [0.717, 1.165) is 0 Å². The van der Waals surface area contributed by atoms with Gasteiger partial charge in [-0.15, -0.1) is 0 Å². The van der Waals surface area contributed by atoms with Crippen LogP contribution in [0, 0.1) is 27.7 Å². The molecule has 0 N–H and O–H groups in total. The van der Waals surface area contributed by atoms with E-state index >= 15 is 0 Å². The molecule has 2 nitrogen and oxygen atoms in total. The molecular weight excluding hydrogens is 749 g/mol. The average Bonchev–Trinajstić information content (AvgIpc) is 3.80. The Bertz CT molecular complexity index is 3270. The van der Waals surface area contributed by atoms with Crippen molar-refractivity contribution in [2.45, 2.75) is 79.1 Å². The Kier molecular flexibility index (Phi) is 8.05. The molecule has 2 heterocycles. The molecule has 10 aromatic rings. The van der Waals surface area contributed by atoms with E-state index < -0.39 is 0 Å².